The number of morpholine rings is 1. The van der Waals surface area contributed by atoms with Gasteiger partial charge in [-0.3, -0.25) is 9.59 Å². The molecule has 2 aliphatic rings. The molecule has 2 saturated heterocycles. The number of sulfonamides is 1. The second kappa shape index (κ2) is 9.47. The quantitative estimate of drug-likeness (QED) is 0.703. The number of benzene rings is 1. The van der Waals surface area contributed by atoms with Crippen LogP contribution in [0.25, 0.3) is 0 Å². The molecular formula is C21H25N3O5S2. The summed E-state index contributed by atoms with van der Waals surface area (Å²) in [6.45, 7) is 2.34. The lowest BCUT2D eigenvalue weighted by Crippen LogP contribution is -2.45. The molecule has 0 radical (unpaired) electrons. The number of rotatable bonds is 6. The zero-order chi connectivity index (χ0) is 21.8. The largest absolute Gasteiger partial charge is 0.379 e. The molecule has 2 fully saturated rings. The van der Waals surface area contributed by atoms with E-state index in [0.29, 0.717) is 44.1 Å². The third kappa shape index (κ3) is 4.82. The van der Waals surface area contributed by atoms with Gasteiger partial charge in [-0.25, -0.2) is 8.42 Å². The highest BCUT2D eigenvalue weighted by Gasteiger charge is 2.34. The summed E-state index contributed by atoms with van der Waals surface area (Å²) in [5, 5.41) is 4.74. The third-order valence-electron chi connectivity index (χ3n) is 5.55. The molecule has 2 aromatic rings. The number of carbonyl (C=O) groups excluding carboxylic acids is 2. The predicted molar refractivity (Wildman–Crippen MR) is 116 cm³/mol. The molecule has 31 heavy (non-hydrogen) atoms. The van der Waals surface area contributed by atoms with Crippen molar-refractivity contribution in [2.75, 3.05) is 32.8 Å². The summed E-state index contributed by atoms with van der Waals surface area (Å²) in [5.74, 6) is -0.294. The summed E-state index contributed by atoms with van der Waals surface area (Å²) in [4.78, 5) is 27.9. The van der Waals surface area contributed by atoms with Crippen LogP contribution in [0.15, 0.2) is 46.7 Å². The Bertz CT molecular complexity index is 1020. The maximum atomic E-state index is 12.7. The van der Waals surface area contributed by atoms with Crippen LogP contribution in [0.4, 0.5) is 0 Å². The lowest BCUT2D eigenvalue weighted by molar-refractivity contribution is -0.125. The average Bonchev–Trinajstić information content (AvgIpc) is 3.50. The van der Waals surface area contributed by atoms with Crippen LogP contribution in [-0.4, -0.2) is 68.3 Å². The first-order valence-corrected chi connectivity index (χ1v) is 12.6. The Morgan fingerprint density at radius 3 is 2.52 bits per heavy atom. The Balaban J connectivity index is 1.35. The minimum Gasteiger partial charge on any atom is -0.379 e. The average molecular weight is 464 g/mol. The van der Waals surface area contributed by atoms with Crippen LogP contribution in [-0.2, 0) is 26.1 Å². The van der Waals surface area contributed by atoms with E-state index in [4.69, 9.17) is 4.74 Å². The predicted octanol–water partition coefficient (Wildman–Crippen LogP) is 1.69. The number of hydrogen-bond acceptors (Lipinski definition) is 6. The Morgan fingerprint density at radius 2 is 1.84 bits per heavy atom. The SMILES string of the molecule is O=C(NCc1ccc(S(=O)(=O)N2CCOCC2)cc1)C1CCCN1C(=O)c1cccs1. The van der Waals surface area contributed by atoms with Gasteiger partial charge in [-0.1, -0.05) is 18.2 Å². The fourth-order valence-electron chi connectivity index (χ4n) is 3.85. The van der Waals surface area contributed by atoms with Crippen molar-refractivity contribution in [1.29, 1.82) is 0 Å². The molecular weight excluding hydrogens is 438 g/mol. The van der Waals surface area contributed by atoms with Crippen molar-refractivity contribution in [2.24, 2.45) is 0 Å². The van der Waals surface area contributed by atoms with Crippen LogP contribution in [0.3, 0.4) is 0 Å². The third-order valence-corrected chi connectivity index (χ3v) is 8.32. The number of hydrogen-bond donors (Lipinski definition) is 1. The molecule has 3 heterocycles. The van der Waals surface area contributed by atoms with Crippen molar-refractivity contribution in [3.8, 4) is 0 Å². The molecule has 0 saturated carbocycles. The first-order valence-electron chi connectivity index (χ1n) is 10.3. The van der Waals surface area contributed by atoms with Crippen LogP contribution in [0.2, 0.25) is 0 Å². The molecule has 10 heteroatoms. The minimum atomic E-state index is -3.54. The maximum Gasteiger partial charge on any atom is 0.264 e. The highest BCUT2D eigenvalue weighted by molar-refractivity contribution is 7.89. The van der Waals surface area contributed by atoms with Gasteiger partial charge in [0, 0.05) is 26.2 Å². The normalized spacial score (nSPS) is 20.0. The molecule has 1 atom stereocenters. The lowest BCUT2D eigenvalue weighted by atomic mass is 10.2. The van der Waals surface area contributed by atoms with Crippen molar-refractivity contribution < 1.29 is 22.7 Å². The van der Waals surface area contributed by atoms with Gasteiger partial charge >= 0.3 is 0 Å². The lowest BCUT2D eigenvalue weighted by Gasteiger charge is -2.26. The van der Waals surface area contributed by atoms with Crippen molar-refractivity contribution in [2.45, 2.75) is 30.3 Å². The van der Waals surface area contributed by atoms with Crippen molar-refractivity contribution in [3.63, 3.8) is 0 Å². The Morgan fingerprint density at radius 1 is 1.10 bits per heavy atom. The van der Waals surface area contributed by atoms with Gasteiger partial charge in [-0.15, -0.1) is 11.3 Å². The fraction of sp³-hybridized carbons (Fsp3) is 0.429. The second-order valence-corrected chi connectivity index (χ2v) is 10.4. The first-order chi connectivity index (χ1) is 15.0. The number of ether oxygens (including phenoxy) is 1. The van der Waals surface area contributed by atoms with Gasteiger partial charge in [-0.2, -0.15) is 4.31 Å². The van der Waals surface area contributed by atoms with Crippen LogP contribution in [0.5, 0.6) is 0 Å². The van der Waals surface area contributed by atoms with Gasteiger partial charge in [0.15, 0.2) is 0 Å². The summed E-state index contributed by atoms with van der Waals surface area (Å²) in [7, 11) is -3.54. The van der Waals surface area contributed by atoms with E-state index in [1.165, 1.54) is 15.6 Å². The van der Waals surface area contributed by atoms with Crippen LogP contribution in [0, 0.1) is 0 Å². The Kier molecular flexibility index (Phi) is 6.71. The Hall–Kier alpha value is -2.27. The molecule has 166 valence electrons. The Labute approximate surface area is 185 Å². The highest BCUT2D eigenvalue weighted by atomic mass is 32.2. The second-order valence-electron chi connectivity index (χ2n) is 7.51. The van der Waals surface area contributed by atoms with E-state index >= 15 is 0 Å². The number of nitrogens with one attached hydrogen (secondary N) is 1. The minimum absolute atomic E-state index is 0.106. The van der Waals surface area contributed by atoms with E-state index in [0.717, 1.165) is 12.0 Å². The molecule has 0 aliphatic carbocycles. The number of thiophene rings is 1. The molecule has 1 aromatic heterocycles. The van der Waals surface area contributed by atoms with Crippen molar-refractivity contribution >= 4 is 33.2 Å². The fourth-order valence-corrected chi connectivity index (χ4v) is 5.93. The van der Waals surface area contributed by atoms with Gasteiger partial charge in [-0.05, 0) is 42.0 Å². The zero-order valence-corrected chi connectivity index (χ0v) is 18.7. The van der Waals surface area contributed by atoms with E-state index in [1.54, 1.807) is 35.2 Å². The van der Waals surface area contributed by atoms with Gasteiger partial charge in [0.25, 0.3) is 5.91 Å². The van der Waals surface area contributed by atoms with Crippen LogP contribution >= 0.6 is 11.3 Å². The molecule has 1 N–H and O–H groups in total. The zero-order valence-electron chi connectivity index (χ0n) is 17.0. The summed E-state index contributed by atoms with van der Waals surface area (Å²) in [5.41, 5.74) is 0.795. The summed E-state index contributed by atoms with van der Waals surface area (Å²) >= 11 is 1.37. The molecule has 8 nitrogen and oxygen atoms in total. The topological polar surface area (TPSA) is 96.0 Å². The molecule has 2 amide bonds. The van der Waals surface area contributed by atoms with Gasteiger partial charge < -0.3 is 15.0 Å². The van der Waals surface area contributed by atoms with E-state index in [9.17, 15) is 18.0 Å². The molecule has 4 rings (SSSR count). The van der Waals surface area contributed by atoms with E-state index in [-0.39, 0.29) is 23.3 Å². The molecule has 1 aromatic carbocycles. The summed E-state index contributed by atoms with van der Waals surface area (Å²) in [6.07, 6.45) is 1.43. The van der Waals surface area contributed by atoms with Crippen molar-refractivity contribution in [1.82, 2.24) is 14.5 Å². The number of likely N-dealkylation sites (tertiary alicyclic amines) is 1. The molecule has 0 spiro atoms. The number of nitrogens with zero attached hydrogens (tertiary/aromatic N) is 2. The van der Waals surface area contributed by atoms with Gasteiger partial charge in [0.1, 0.15) is 6.04 Å². The monoisotopic (exact) mass is 463 g/mol. The van der Waals surface area contributed by atoms with E-state index in [1.807, 2.05) is 11.4 Å². The maximum absolute atomic E-state index is 12.7. The molecule has 2 aliphatic heterocycles. The summed E-state index contributed by atoms with van der Waals surface area (Å²) in [6, 6.07) is 9.66. The van der Waals surface area contributed by atoms with Gasteiger partial charge in [0.2, 0.25) is 15.9 Å². The number of amides is 2. The van der Waals surface area contributed by atoms with Crippen LogP contribution in [0.1, 0.15) is 28.1 Å². The molecule has 0 bridgehead atoms. The standard InChI is InChI=1S/C21H25N3O5S2/c25-20(18-3-1-9-24(18)21(26)19-4-2-14-30-19)22-15-16-5-7-17(8-6-16)31(27,28)23-10-12-29-13-11-23/h2,4-8,14,18H,1,3,9-13,15H2,(H,22,25). The van der Waals surface area contributed by atoms with Crippen molar-refractivity contribution in [3.05, 3.63) is 52.2 Å². The number of carbonyl (C=O) groups is 2. The van der Waals surface area contributed by atoms with Gasteiger partial charge in [0.05, 0.1) is 23.0 Å². The van der Waals surface area contributed by atoms with E-state index < -0.39 is 16.1 Å². The summed E-state index contributed by atoms with van der Waals surface area (Å²) < 4.78 is 32.0. The smallest absolute Gasteiger partial charge is 0.264 e. The first kappa shape index (κ1) is 21.9. The van der Waals surface area contributed by atoms with Crippen LogP contribution < -0.4 is 5.32 Å². The highest BCUT2D eigenvalue weighted by Crippen LogP contribution is 2.23. The molecule has 1 unspecified atom stereocenters. The van der Waals surface area contributed by atoms with E-state index in [2.05, 4.69) is 5.32 Å².